The van der Waals surface area contributed by atoms with Gasteiger partial charge in [-0.05, 0) is 32.9 Å². The van der Waals surface area contributed by atoms with E-state index in [4.69, 9.17) is 4.74 Å². The van der Waals surface area contributed by atoms with Crippen molar-refractivity contribution in [1.29, 1.82) is 0 Å². The molecular weight excluding hydrogens is 274 g/mol. The van der Waals surface area contributed by atoms with Gasteiger partial charge in [0.2, 0.25) is 0 Å². The molecule has 0 saturated carbocycles. The maximum Gasteiger partial charge on any atom is 0.350 e. The number of ether oxygens (including phenoxy) is 1. The number of esters is 1. The number of thiazole rings is 1. The zero-order valence-corrected chi connectivity index (χ0v) is 12.8. The van der Waals surface area contributed by atoms with E-state index < -0.39 is 0 Å². The molecule has 0 aliphatic rings. The van der Waals surface area contributed by atoms with Gasteiger partial charge in [-0.25, -0.2) is 9.78 Å². The lowest BCUT2D eigenvalue weighted by molar-refractivity contribution is 0.0531. The highest BCUT2D eigenvalue weighted by molar-refractivity contribution is 7.14. The number of hydrogen-bond donors (Lipinski definition) is 0. The monoisotopic (exact) mass is 291 g/mol. The van der Waals surface area contributed by atoms with E-state index in [2.05, 4.69) is 10.1 Å². The van der Waals surface area contributed by atoms with Crippen LogP contribution in [-0.2, 0) is 11.8 Å². The summed E-state index contributed by atoms with van der Waals surface area (Å²) in [6.45, 7) is 5.98. The van der Waals surface area contributed by atoms with Crippen molar-refractivity contribution >= 4 is 29.5 Å². The molecule has 0 atom stereocenters. The van der Waals surface area contributed by atoms with Crippen LogP contribution in [0.15, 0.2) is 6.20 Å². The predicted molar refractivity (Wildman–Crippen MR) is 79.7 cm³/mol. The number of nitrogens with zero attached hydrogens (tertiary/aromatic N) is 3. The molecule has 2 aromatic heterocycles. The number of aromatic nitrogens is 3. The van der Waals surface area contributed by atoms with Gasteiger partial charge in [0.25, 0.3) is 0 Å². The van der Waals surface area contributed by atoms with E-state index in [1.165, 1.54) is 11.3 Å². The highest BCUT2D eigenvalue weighted by Gasteiger charge is 2.15. The third-order valence-electron chi connectivity index (χ3n) is 2.95. The third-order valence-corrected chi connectivity index (χ3v) is 4.06. The Morgan fingerprint density at radius 2 is 2.20 bits per heavy atom. The maximum atomic E-state index is 11.7. The first-order chi connectivity index (χ1) is 9.52. The van der Waals surface area contributed by atoms with Crippen molar-refractivity contribution in [1.82, 2.24) is 14.8 Å². The zero-order valence-electron chi connectivity index (χ0n) is 12.0. The molecule has 0 amide bonds. The van der Waals surface area contributed by atoms with Gasteiger partial charge >= 0.3 is 5.97 Å². The first-order valence-electron chi connectivity index (χ1n) is 6.34. The van der Waals surface area contributed by atoms with Crippen molar-refractivity contribution < 1.29 is 9.53 Å². The third kappa shape index (κ3) is 2.96. The highest BCUT2D eigenvalue weighted by atomic mass is 32.1. The van der Waals surface area contributed by atoms with Crippen molar-refractivity contribution in [3.8, 4) is 0 Å². The van der Waals surface area contributed by atoms with Crippen molar-refractivity contribution in [2.45, 2.75) is 20.8 Å². The van der Waals surface area contributed by atoms with Crippen LogP contribution in [0.5, 0.6) is 0 Å². The minimum absolute atomic E-state index is 0.306. The molecule has 0 N–H and O–H groups in total. The zero-order chi connectivity index (χ0) is 14.7. The summed E-state index contributed by atoms with van der Waals surface area (Å²) in [6, 6.07) is 0. The van der Waals surface area contributed by atoms with Gasteiger partial charge in [0.15, 0.2) is 0 Å². The van der Waals surface area contributed by atoms with Crippen LogP contribution < -0.4 is 0 Å². The SMILES string of the molecule is CCOC(=O)c1sc(/C=C/c2cnn(C)c2C)nc1C. The van der Waals surface area contributed by atoms with Gasteiger partial charge in [0, 0.05) is 18.3 Å². The van der Waals surface area contributed by atoms with Crippen LogP contribution in [0.25, 0.3) is 12.2 Å². The van der Waals surface area contributed by atoms with Crippen LogP contribution in [-0.4, -0.2) is 27.3 Å². The Labute approximate surface area is 121 Å². The smallest absolute Gasteiger partial charge is 0.350 e. The molecule has 5 nitrogen and oxygen atoms in total. The lowest BCUT2D eigenvalue weighted by Gasteiger charge is -1.97. The molecule has 2 rings (SSSR count). The van der Waals surface area contributed by atoms with E-state index in [9.17, 15) is 4.79 Å². The van der Waals surface area contributed by atoms with Crippen molar-refractivity contribution in [3.63, 3.8) is 0 Å². The second-order valence-electron chi connectivity index (χ2n) is 4.33. The maximum absolute atomic E-state index is 11.7. The Hall–Kier alpha value is -1.95. The average Bonchev–Trinajstić information content (AvgIpc) is 2.93. The molecule has 0 bridgehead atoms. The van der Waals surface area contributed by atoms with Gasteiger partial charge in [0.1, 0.15) is 9.88 Å². The summed E-state index contributed by atoms with van der Waals surface area (Å²) < 4.78 is 6.82. The first kappa shape index (κ1) is 14.5. The molecule has 0 aliphatic heterocycles. The predicted octanol–water partition coefficient (Wildman–Crippen LogP) is 2.84. The number of rotatable bonds is 4. The number of carbonyl (C=O) groups excluding carboxylic acids is 1. The topological polar surface area (TPSA) is 57.0 Å². The molecule has 0 radical (unpaired) electrons. The van der Waals surface area contributed by atoms with E-state index in [0.29, 0.717) is 17.2 Å². The van der Waals surface area contributed by atoms with Crippen molar-refractivity contribution in [2.24, 2.45) is 7.05 Å². The Morgan fingerprint density at radius 3 is 2.80 bits per heavy atom. The normalized spacial score (nSPS) is 11.2. The fourth-order valence-electron chi connectivity index (χ4n) is 1.71. The molecule has 0 fully saturated rings. The minimum atomic E-state index is -0.306. The lowest BCUT2D eigenvalue weighted by atomic mass is 10.2. The Morgan fingerprint density at radius 1 is 1.45 bits per heavy atom. The number of carbonyl (C=O) groups is 1. The molecule has 0 aromatic carbocycles. The summed E-state index contributed by atoms with van der Waals surface area (Å²) >= 11 is 1.34. The summed E-state index contributed by atoms with van der Waals surface area (Å²) in [5.41, 5.74) is 2.83. The first-order valence-corrected chi connectivity index (χ1v) is 7.15. The molecule has 0 unspecified atom stereocenters. The van der Waals surface area contributed by atoms with Crippen LogP contribution in [0, 0.1) is 13.8 Å². The van der Waals surface area contributed by atoms with Gasteiger partial charge in [-0.2, -0.15) is 5.10 Å². The molecule has 106 valence electrons. The highest BCUT2D eigenvalue weighted by Crippen LogP contribution is 2.21. The Balaban J connectivity index is 2.20. The molecule has 6 heteroatoms. The summed E-state index contributed by atoms with van der Waals surface area (Å²) in [7, 11) is 1.90. The standard InChI is InChI=1S/C14H17N3O2S/c1-5-19-14(18)13-9(2)16-12(20-13)7-6-11-8-15-17(4)10(11)3/h6-8H,5H2,1-4H3/b7-6+. The fraction of sp³-hybridized carbons (Fsp3) is 0.357. The summed E-state index contributed by atoms with van der Waals surface area (Å²) in [4.78, 5) is 16.7. The largest absolute Gasteiger partial charge is 0.462 e. The van der Waals surface area contributed by atoms with E-state index in [1.54, 1.807) is 13.1 Å². The van der Waals surface area contributed by atoms with Crippen molar-refractivity contribution in [2.75, 3.05) is 6.61 Å². The van der Waals surface area contributed by atoms with E-state index in [0.717, 1.165) is 16.3 Å². The van der Waals surface area contributed by atoms with Gasteiger partial charge in [-0.3, -0.25) is 4.68 Å². The molecule has 2 aromatic rings. The van der Waals surface area contributed by atoms with E-state index >= 15 is 0 Å². The van der Waals surface area contributed by atoms with Crippen LogP contribution in [0.4, 0.5) is 0 Å². The lowest BCUT2D eigenvalue weighted by Crippen LogP contribution is -2.03. The summed E-state index contributed by atoms with van der Waals surface area (Å²) in [6.07, 6.45) is 5.65. The molecule has 0 spiro atoms. The van der Waals surface area contributed by atoms with Crippen LogP contribution in [0.2, 0.25) is 0 Å². The molecular formula is C14H17N3O2S. The minimum Gasteiger partial charge on any atom is -0.462 e. The average molecular weight is 291 g/mol. The Kier molecular flexibility index (Phi) is 4.34. The molecule has 0 saturated heterocycles. The summed E-state index contributed by atoms with van der Waals surface area (Å²) in [5, 5.41) is 4.96. The molecule has 2 heterocycles. The van der Waals surface area contributed by atoms with Crippen molar-refractivity contribution in [3.05, 3.63) is 33.0 Å². The van der Waals surface area contributed by atoms with Crippen LogP contribution in [0.3, 0.4) is 0 Å². The van der Waals surface area contributed by atoms with Crippen LogP contribution >= 0.6 is 11.3 Å². The molecule has 0 aliphatic carbocycles. The van der Waals surface area contributed by atoms with Gasteiger partial charge in [-0.1, -0.05) is 0 Å². The van der Waals surface area contributed by atoms with Gasteiger partial charge in [0.05, 0.1) is 18.5 Å². The molecule has 20 heavy (non-hydrogen) atoms. The van der Waals surface area contributed by atoms with Crippen LogP contribution in [0.1, 0.15) is 38.6 Å². The quantitative estimate of drug-likeness (QED) is 0.813. The van der Waals surface area contributed by atoms with E-state index in [1.807, 2.05) is 37.7 Å². The summed E-state index contributed by atoms with van der Waals surface area (Å²) in [5.74, 6) is -0.306. The van der Waals surface area contributed by atoms with E-state index in [-0.39, 0.29) is 5.97 Å². The second-order valence-corrected chi connectivity index (χ2v) is 5.36. The van der Waals surface area contributed by atoms with Gasteiger partial charge in [-0.15, -0.1) is 11.3 Å². The van der Waals surface area contributed by atoms with Gasteiger partial charge < -0.3 is 4.74 Å². The number of aryl methyl sites for hydroxylation is 2. The fourth-order valence-corrected chi connectivity index (χ4v) is 2.58. The number of hydrogen-bond acceptors (Lipinski definition) is 5. The second kappa shape index (κ2) is 6.00. The Bertz CT molecular complexity index is 655.